The molecule has 0 radical (unpaired) electrons. The fourth-order valence-corrected chi connectivity index (χ4v) is 4.46. The molecule has 0 aliphatic heterocycles. The Morgan fingerprint density at radius 1 is 1.40 bits per heavy atom. The number of hydrogen-bond acceptors (Lipinski definition) is 2. The van der Waals surface area contributed by atoms with E-state index in [0.717, 1.165) is 10.8 Å². The van der Waals surface area contributed by atoms with E-state index in [-0.39, 0.29) is 0 Å². The van der Waals surface area contributed by atoms with Crippen LogP contribution in [0.2, 0.25) is 4.34 Å². The Morgan fingerprint density at radius 2 is 2.25 bits per heavy atom. The third-order valence-corrected chi connectivity index (χ3v) is 5.48. The number of benzene rings is 1. The van der Waals surface area contributed by atoms with Crippen LogP contribution in [-0.4, -0.2) is 0 Å². The molecule has 2 aromatic rings. The number of nitrogens with one attached hydrogen (secondary N) is 1. The lowest BCUT2D eigenvalue weighted by Gasteiger charge is -2.26. The maximum absolute atomic E-state index is 6.20. The fraction of sp³-hybridized carbons (Fsp3) is 0.412. The summed E-state index contributed by atoms with van der Waals surface area (Å²) in [6, 6.07) is 9.12. The lowest BCUT2D eigenvalue weighted by atomic mass is 9.93. The van der Waals surface area contributed by atoms with Gasteiger partial charge in [-0.2, -0.15) is 0 Å². The van der Waals surface area contributed by atoms with E-state index < -0.39 is 0 Å². The minimum absolute atomic E-state index is 0.411. The largest absolute Gasteiger partial charge is 0.378 e. The molecule has 1 nitrogen and oxygen atoms in total. The van der Waals surface area contributed by atoms with Gasteiger partial charge in [0.15, 0.2) is 0 Å². The normalized spacial score (nSPS) is 17.9. The van der Waals surface area contributed by atoms with Gasteiger partial charge >= 0.3 is 0 Å². The Hall–Kier alpha value is -0.990. The Morgan fingerprint density at radius 3 is 3.05 bits per heavy atom. The summed E-state index contributed by atoms with van der Waals surface area (Å²) in [4.78, 5) is 1.46. The molecule has 3 heteroatoms. The summed E-state index contributed by atoms with van der Waals surface area (Å²) in [6.45, 7) is 4.40. The van der Waals surface area contributed by atoms with E-state index in [9.17, 15) is 0 Å². The summed E-state index contributed by atoms with van der Waals surface area (Å²) in [5.74, 6) is 0. The molecule has 1 aliphatic carbocycles. The van der Waals surface area contributed by atoms with Crippen molar-refractivity contribution < 1.29 is 0 Å². The van der Waals surface area contributed by atoms with Gasteiger partial charge in [-0.3, -0.25) is 0 Å². The molecule has 0 amide bonds. The molecular weight excluding hydrogens is 286 g/mol. The fourth-order valence-electron chi connectivity index (χ4n) is 3.08. The lowest BCUT2D eigenvalue weighted by molar-refractivity contribution is 0.608. The van der Waals surface area contributed by atoms with Crippen molar-refractivity contribution in [3.05, 3.63) is 50.2 Å². The van der Waals surface area contributed by atoms with Crippen molar-refractivity contribution in [3.63, 3.8) is 0 Å². The van der Waals surface area contributed by atoms with Crippen molar-refractivity contribution >= 4 is 28.6 Å². The average Bonchev–Trinajstić information content (AvgIpc) is 2.82. The molecule has 0 saturated carbocycles. The highest BCUT2D eigenvalue weighted by Crippen LogP contribution is 2.40. The van der Waals surface area contributed by atoms with Crippen LogP contribution < -0.4 is 5.32 Å². The first-order chi connectivity index (χ1) is 9.69. The van der Waals surface area contributed by atoms with Crippen molar-refractivity contribution in [2.24, 2.45) is 0 Å². The molecule has 20 heavy (non-hydrogen) atoms. The molecule has 1 atom stereocenters. The predicted molar refractivity (Wildman–Crippen MR) is 89.2 cm³/mol. The lowest BCUT2D eigenvalue weighted by Crippen LogP contribution is -2.17. The summed E-state index contributed by atoms with van der Waals surface area (Å²) < 4.78 is 0.921. The molecule has 1 aromatic carbocycles. The zero-order chi connectivity index (χ0) is 14.1. The monoisotopic (exact) mass is 305 g/mol. The van der Waals surface area contributed by atoms with Crippen LogP contribution in [0.25, 0.3) is 0 Å². The molecule has 1 aromatic heterocycles. The van der Waals surface area contributed by atoms with Crippen LogP contribution in [0.3, 0.4) is 0 Å². The van der Waals surface area contributed by atoms with Crippen LogP contribution >= 0.6 is 22.9 Å². The van der Waals surface area contributed by atoms with Crippen LogP contribution in [0.1, 0.15) is 47.4 Å². The van der Waals surface area contributed by atoms with Gasteiger partial charge in [-0.15, -0.1) is 11.3 Å². The second-order valence-corrected chi connectivity index (χ2v) is 7.25. The number of fused-ring (bicyclic) bond motifs is 1. The quantitative estimate of drug-likeness (QED) is 0.760. The number of hydrogen-bond donors (Lipinski definition) is 1. The van der Waals surface area contributed by atoms with E-state index in [2.05, 4.69) is 43.4 Å². The highest BCUT2D eigenvalue weighted by Gasteiger charge is 2.23. The van der Waals surface area contributed by atoms with E-state index in [1.165, 1.54) is 46.5 Å². The van der Waals surface area contributed by atoms with Gasteiger partial charge in [-0.1, -0.05) is 36.7 Å². The van der Waals surface area contributed by atoms with Gasteiger partial charge in [0.1, 0.15) is 0 Å². The molecule has 106 valence electrons. The Labute approximate surface area is 130 Å². The van der Waals surface area contributed by atoms with Gasteiger partial charge in [0.25, 0.3) is 0 Å². The van der Waals surface area contributed by atoms with E-state index in [0.29, 0.717) is 6.04 Å². The van der Waals surface area contributed by atoms with Crippen molar-refractivity contribution in [1.29, 1.82) is 0 Å². The van der Waals surface area contributed by atoms with Gasteiger partial charge in [-0.05, 0) is 55.4 Å². The molecular formula is C17H20ClNS. The molecule has 1 unspecified atom stereocenters. The number of aryl methyl sites for hydroxylation is 3. The van der Waals surface area contributed by atoms with E-state index in [4.69, 9.17) is 11.6 Å². The molecule has 0 spiro atoms. The topological polar surface area (TPSA) is 12.0 Å². The summed E-state index contributed by atoms with van der Waals surface area (Å²) in [5.41, 5.74) is 5.46. The third kappa shape index (κ3) is 2.59. The van der Waals surface area contributed by atoms with Crippen molar-refractivity contribution in [2.75, 3.05) is 5.32 Å². The summed E-state index contributed by atoms with van der Waals surface area (Å²) in [6.07, 6.45) is 4.68. The summed E-state index contributed by atoms with van der Waals surface area (Å²) >= 11 is 7.94. The minimum atomic E-state index is 0.411. The molecule has 1 N–H and O–H groups in total. The second-order valence-electron chi connectivity index (χ2n) is 5.48. The van der Waals surface area contributed by atoms with Gasteiger partial charge in [0.2, 0.25) is 0 Å². The first-order valence-electron chi connectivity index (χ1n) is 7.32. The molecule has 0 saturated heterocycles. The zero-order valence-corrected chi connectivity index (χ0v) is 13.6. The standard InChI is InChI=1S/C17H20ClNS/c1-3-12-7-4-6-11(2)17(12)19-14-8-5-9-15-13(14)10-16(18)20-15/h4,6-7,10,14,19H,3,5,8-9H2,1-2H3. The number of para-hydroxylation sites is 1. The Kier molecular flexibility index (Phi) is 4.04. The zero-order valence-electron chi connectivity index (χ0n) is 12.0. The number of halogens is 1. The number of rotatable bonds is 3. The molecule has 3 rings (SSSR count). The number of thiophene rings is 1. The van der Waals surface area contributed by atoms with E-state index in [1.54, 1.807) is 11.3 Å². The van der Waals surface area contributed by atoms with Gasteiger partial charge in [-0.25, -0.2) is 0 Å². The van der Waals surface area contributed by atoms with Gasteiger partial charge < -0.3 is 5.32 Å². The van der Waals surface area contributed by atoms with Crippen LogP contribution in [0.5, 0.6) is 0 Å². The summed E-state index contributed by atoms with van der Waals surface area (Å²) in [5, 5.41) is 3.79. The van der Waals surface area contributed by atoms with Crippen molar-refractivity contribution in [2.45, 2.75) is 45.6 Å². The summed E-state index contributed by atoms with van der Waals surface area (Å²) in [7, 11) is 0. The van der Waals surface area contributed by atoms with Crippen molar-refractivity contribution in [3.8, 4) is 0 Å². The Balaban J connectivity index is 1.93. The van der Waals surface area contributed by atoms with Crippen LogP contribution in [0, 0.1) is 6.92 Å². The smallest absolute Gasteiger partial charge is 0.0934 e. The van der Waals surface area contributed by atoms with Crippen LogP contribution in [0.15, 0.2) is 24.3 Å². The van der Waals surface area contributed by atoms with Gasteiger partial charge in [0, 0.05) is 10.6 Å². The maximum Gasteiger partial charge on any atom is 0.0934 e. The molecule has 0 bridgehead atoms. The minimum Gasteiger partial charge on any atom is -0.378 e. The van der Waals surface area contributed by atoms with E-state index in [1.807, 2.05) is 0 Å². The molecule has 1 heterocycles. The van der Waals surface area contributed by atoms with Crippen LogP contribution in [0.4, 0.5) is 5.69 Å². The van der Waals surface area contributed by atoms with Gasteiger partial charge in [0.05, 0.1) is 10.4 Å². The molecule has 1 aliphatic rings. The average molecular weight is 306 g/mol. The molecule has 0 fully saturated rings. The SMILES string of the molecule is CCc1cccc(C)c1NC1CCCc2sc(Cl)cc21. The highest BCUT2D eigenvalue weighted by molar-refractivity contribution is 7.16. The second kappa shape index (κ2) is 5.79. The maximum atomic E-state index is 6.20. The third-order valence-electron chi connectivity index (χ3n) is 4.14. The van der Waals surface area contributed by atoms with E-state index >= 15 is 0 Å². The highest BCUT2D eigenvalue weighted by atomic mass is 35.5. The van der Waals surface area contributed by atoms with Crippen LogP contribution in [-0.2, 0) is 12.8 Å². The number of anilines is 1. The predicted octanol–water partition coefficient (Wildman–Crippen LogP) is 5.76. The first-order valence-corrected chi connectivity index (χ1v) is 8.51. The Bertz CT molecular complexity index is 617. The first kappa shape index (κ1) is 14.0. The van der Waals surface area contributed by atoms with Crippen molar-refractivity contribution in [1.82, 2.24) is 0 Å².